The molecule has 0 aliphatic carbocycles. The van der Waals surface area contributed by atoms with Crippen LogP contribution in [-0.4, -0.2) is 10.2 Å². The van der Waals surface area contributed by atoms with Crippen molar-refractivity contribution in [1.82, 2.24) is 10.2 Å². The Bertz CT molecular complexity index is 1150. The van der Waals surface area contributed by atoms with Crippen molar-refractivity contribution in [2.24, 2.45) is 5.73 Å². The molecule has 146 valence electrons. The van der Waals surface area contributed by atoms with E-state index in [1.807, 2.05) is 25.1 Å². The predicted octanol–water partition coefficient (Wildman–Crippen LogP) is 4.42. The lowest BCUT2D eigenvalue weighted by atomic mass is 9.83. The van der Waals surface area contributed by atoms with Gasteiger partial charge in [-0.25, -0.2) is 4.39 Å². The minimum atomic E-state index is -0.497. The molecule has 0 saturated carbocycles. The second-order valence-electron chi connectivity index (χ2n) is 6.59. The fraction of sp³-hybridized carbons (Fsp3) is 0.143. The first kappa shape index (κ1) is 19.0. The summed E-state index contributed by atoms with van der Waals surface area (Å²) in [6.07, 6.45) is 0. The van der Waals surface area contributed by atoms with Gasteiger partial charge < -0.3 is 15.2 Å². The zero-order chi connectivity index (χ0) is 20.5. The third-order valence-electron chi connectivity index (χ3n) is 4.72. The fourth-order valence-corrected chi connectivity index (χ4v) is 3.71. The number of hydrogen-bond acceptors (Lipinski definition) is 5. The van der Waals surface area contributed by atoms with Crippen LogP contribution in [0.3, 0.4) is 0 Å². The normalized spacial score (nSPS) is 15.4. The summed E-state index contributed by atoms with van der Waals surface area (Å²) in [5.41, 5.74) is 9.36. The molecule has 1 aliphatic heterocycles. The average molecular weight is 455 g/mol. The number of nitrogens with zero attached hydrogens (tertiary/aromatic N) is 2. The zero-order valence-electron chi connectivity index (χ0n) is 15.4. The van der Waals surface area contributed by atoms with Crippen LogP contribution in [0.15, 0.2) is 58.4 Å². The molecule has 3 aromatic rings. The number of H-pyrrole nitrogens is 1. The Morgan fingerprint density at radius 2 is 2.07 bits per heavy atom. The Morgan fingerprint density at radius 1 is 1.31 bits per heavy atom. The lowest BCUT2D eigenvalue weighted by Gasteiger charge is -2.25. The van der Waals surface area contributed by atoms with Crippen LogP contribution < -0.4 is 15.2 Å². The molecule has 3 N–H and O–H groups in total. The summed E-state index contributed by atoms with van der Waals surface area (Å²) in [4.78, 5) is 0. The number of benzene rings is 2. The minimum absolute atomic E-state index is 0.0148. The molecule has 6 nitrogen and oxygen atoms in total. The van der Waals surface area contributed by atoms with Crippen LogP contribution >= 0.6 is 15.9 Å². The average Bonchev–Trinajstić information content (AvgIpc) is 3.07. The van der Waals surface area contributed by atoms with Crippen LogP contribution in [0.2, 0.25) is 0 Å². The summed E-state index contributed by atoms with van der Waals surface area (Å²) >= 11 is 3.49. The van der Waals surface area contributed by atoms with Gasteiger partial charge in [-0.2, -0.15) is 5.26 Å². The zero-order valence-corrected chi connectivity index (χ0v) is 17.0. The van der Waals surface area contributed by atoms with Crippen molar-refractivity contribution in [1.29, 1.82) is 5.26 Å². The number of aryl methyl sites for hydroxylation is 1. The number of rotatable bonds is 4. The third kappa shape index (κ3) is 3.57. The van der Waals surface area contributed by atoms with E-state index in [0.29, 0.717) is 11.6 Å². The van der Waals surface area contributed by atoms with Crippen molar-refractivity contribution in [3.05, 3.63) is 86.6 Å². The molecular weight excluding hydrogens is 439 g/mol. The van der Waals surface area contributed by atoms with Gasteiger partial charge in [-0.1, -0.05) is 28.1 Å². The van der Waals surface area contributed by atoms with Gasteiger partial charge in [0.25, 0.3) is 0 Å². The van der Waals surface area contributed by atoms with E-state index in [4.69, 9.17) is 15.2 Å². The maximum Gasteiger partial charge on any atom is 0.244 e. The van der Waals surface area contributed by atoms with Gasteiger partial charge in [-0.05, 0) is 42.8 Å². The van der Waals surface area contributed by atoms with Crippen molar-refractivity contribution in [2.75, 3.05) is 0 Å². The SMILES string of the molecule is Cc1[nH]nc2c1[C@H](c1cc(Br)ccc1OCc1ccc(F)cc1)C(C#N)=C(N)O2. The number of aromatic nitrogens is 2. The molecule has 2 heterocycles. The summed E-state index contributed by atoms with van der Waals surface area (Å²) in [7, 11) is 0. The molecule has 0 amide bonds. The van der Waals surface area contributed by atoms with Gasteiger partial charge in [0.2, 0.25) is 11.8 Å². The van der Waals surface area contributed by atoms with Gasteiger partial charge in [0.15, 0.2) is 0 Å². The van der Waals surface area contributed by atoms with E-state index < -0.39 is 5.92 Å². The first-order chi connectivity index (χ1) is 14.0. The number of allylic oxidation sites excluding steroid dienone is 1. The van der Waals surface area contributed by atoms with Crippen LogP contribution in [-0.2, 0) is 6.61 Å². The summed E-state index contributed by atoms with van der Waals surface area (Å²) < 4.78 is 25.5. The molecular formula is C21H16BrFN4O2. The van der Waals surface area contributed by atoms with Crippen LogP contribution in [0.4, 0.5) is 4.39 Å². The molecule has 8 heteroatoms. The number of ether oxygens (including phenoxy) is 2. The van der Waals surface area contributed by atoms with Crippen molar-refractivity contribution < 1.29 is 13.9 Å². The Balaban J connectivity index is 1.78. The van der Waals surface area contributed by atoms with Crippen molar-refractivity contribution >= 4 is 15.9 Å². The molecule has 0 bridgehead atoms. The summed E-state index contributed by atoms with van der Waals surface area (Å²) in [6, 6.07) is 13.8. The molecule has 29 heavy (non-hydrogen) atoms. The summed E-state index contributed by atoms with van der Waals surface area (Å²) in [6.45, 7) is 2.10. The summed E-state index contributed by atoms with van der Waals surface area (Å²) in [5.74, 6) is 0.136. The third-order valence-corrected chi connectivity index (χ3v) is 5.21. The lowest BCUT2D eigenvalue weighted by Crippen LogP contribution is -2.21. The number of hydrogen-bond donors (Lipinski definition) is 2. The maximum absolute atomic E-state index is 13.2. The van der Waals surface area contributed by atoms with E-state index in [1.54, 1.807) is 12.1 Å². The highest BCUT2D eigenvalue weighted by atomic mass is 79.9. The van der Waals surface area contributed by atoms with Gasteiger partial charge in [0.1, 0.15) is 29.8 Å². The first-order valence-electron chi connectivity index (χ1n) is 8.77. The highest BCUT2D eigenvalue weighted by Crippen LogP contribution is 2.46. The molecule has 1 aliphatic rings. The van der Waals surface area contributed by atoms with Gasteiger partial charge in [0, 0.05) is 21.3 Å². The van der Waals surface area contributed by atoms with Crippen LogP contribution in [0.25, 0.3) is 0 Å². The van der Waals surface area contributed by atoms with Crippen LogP contribution in [0, 0.1) is 24.1 Å². The molecule has 0 spiro atoms. The van der Waals surface area contributed by atoms with Crippen molar-refractivity contribution in [2.45, 2.75) is 19.4 Å². The van der Waals surface area contributed by atoms with Crippen LogP contribution in [0.1, 0.15) is 28.3 Å². The summed E-state index contributed by atoms with van der Waals surface area (Å²) in [5, 5.41) is 16.8. The number of halogens is 2. The van der Waals surface area contributed by atoms with E-state index in [-0.39, 0.29) is 23.9 Å². The number of aromatic amines is 1. The number of nitrogens with two attached hydrogens (primary N) is 1. The maximum atomic E-state index is 13.2. The van der Waals surface area contributed by atoms with Gasteiger partial charge >= 0.3 is 0 Å². The van der Waals surface area contributed by atoms with E-state index in [0.717, 1.165) is 26.9 Å². The topological polar surface area (TPSA) is 97.0 Å². The predicted molar refractivity (Wildman–Crippen MR) is 107 cm³/mol. The second-order valence-corrected chi connectivity index (χ2v) is 7.51. The molecule has 4 rings (SSSR count). The van der Waals surface area contributed by atoms with Gasteiger partial charge in [0.05, 0.1) is 5.92 Å². The Morgan fingerprint density at radius 3 is 2.79 bits per heavy atom. The number of nitrogens with one attached hydrogen (secondary N) is 1. The van der Waals surface area contributed by atoms with E-state index in [2.05, 4.69) is 32.2 Å². The number of fused-ring (bicyclic) bond motifs is 1. The van der Waals surface area contributed by atoms with E-state index in [1.165, 1.54) is 12.1 Å². The fourth-order valence-electron chi connectivity index (χ4n) is 3.33. The Labute approximate surface area is 174 Å². The van der Waals surface area contributed by atoms with E-state index >= 15 is 0 Å². The smallest absolute Gasteiger partial charge is 0.244 e. The standard InChI is InChI=1S/C21H16BrFN4O2/c1-11-18-19(16(9-24)20(25)29-21(18)27-26-11)15-8-13(22)4-7-17(15)28-10-12-2-5-14(23)6-3-12/h2-8,19H,10,25H2,1H3,(H,26,27)/t19-/m1/s1. The molecule has 1 atom stereocenters. The minimum Gasteiger partial charge on any atom is -0.489 e. The van der Waals surface area contributed by atoms with E-state index in [9.17, 15) is 9.65 Å². The lowest BCUT2D eigenvalue weighted by molar-refractivity contribution is 0.301. The molecule has 2 aromatic carbocycles. The largest absolute Gasteiger partial charge is 0.489 e. The second kappa shape index (κ2) is 7.60. The van der Waals surface area contributed by atoms with Crippen LogP contribution in [0.5, 0.6) is 11.6 Å². The highest BCUT2D eigenvalue weighted by Gasteiger charge is 2.36. The molecule has 1 aromatic heterocycles. The number of nitriles is 1. The Kier molecular flexibility index (Phi) is 4.99. The van der Waals surface area contributed by atoms with Crippen molar-refractivity contribution in [3.8, 4) is 17.7 Å². The Hall–Kier alpha value is -3.31. The monoisotopic (exact) mass is 454 g/mol. The molecule has 0 saturated heterocycles. The highest BCUT2D eigenvalue weighted by molar-refractivity contribution is 9.10. The van der Waals surface area contributed by atoms with Gasteiger partial charge in [-0.3, -0.25) is 5.10 Å². The van der Waals surface area contributed by atoms with Gasteiger partial charge in [-0.15, -0.1) is 5.10 Å². The van der Waals surface area contributed by atoms with Crippen molar-refractivity contribution in [3.63, 3.8) is 0 Å². The molecule has 0 unspecified atom stereocenters. The molecule has 0 radical (unpaired) electrons. The first-order valence-corrected chi connectivity index (χ1v) is 9.56. The quantitative estimate of drug-likeness (QED) is 0.607. The molecule has 0 fully saturated rings.